The highest BCUT2D eigenvalue weighted by molar-refractivity contribution is 7.99. The summed E-state index contributed by atoms with van der Waals surface area (Å²) in [6, 6.07) is 0.842. The summed E-state index contributed by atoms with van der Waals surface area (Å²) in [5.41, 5.74) is 0. The predicted molar refractivity (Wildman–Crippen MR) is 75.0 cm³/mol. The number of hydrogen-bond acceptors (Lipinski definition) is 2. The molecule has 0 spiro atoms. The lowest BCUT2D eigenvalue weighted by atomic mass is 9.54. The molecule has 4 saturated carbocycles. The third-order valence-electron chi connectivity index (χ3n) is 5.04. The summed E-state index contributed by atoms with van der Waals surface area (Å²) in [5.74, 6) is 8.92. The first-order valence-electron chi connectivity index (χ1n) is 7.11. The third kappa shape index (κ3) is 2.51. The number of hydrogen-bond donors (Lipinski definition) is 1. The van der Waals surface area contributed by atoms with Gasteiger partial charge in [0.1, 0.15) is 0 Å². The molecule has 4 bridgehead atoms. The van der Waals surface area contributed by atoms with Crippen LogP contribution in [-0.2, 0) is 0 Å². The molecule has 17 heavy (non-hydrogen) atoms. The molecule has 0 aromatic heterocycles. The van der Waals surface area contributed by atoms with Gasteiger partial charge in [0, 0.05) is 18.3 Å². The van der Waals surface area contributed by atoms with Gasteiger partial charge in [0.25, 0.3) is 0 Å². The molecule has 0 aromatic carbocycles. The number of thioether (sulfide) groups is 1. The van der Waals surface area contributed by atoms with Gasteiger partial charge in [-0.3, -0.25) is 0 Å². The Morgan fingerprint density at radius 1 is 1.06 bits per heavy atom. The first-order chi connectivity index (χ1) is 8.36. The highest BCUT2D eigenvalue weighted by Gasteiger charge is 2.47. The number of nitrogens with one attached hydrogen (secondary N) is 1. The van der Waals surface area contributed by atoms with Gasteiger partial charge in [0.15, 0.2) is 0 Å². The largest absolute Gasteiger partial charge is 0.313 e. The average Bonchev–Trinajstić information content (AvgIpc) is 2.31. The minimum Gasteiger partial charge on any atom is -0.313 e. The number of rotatable bonds is 5. The Labute approximate surface area is 110 Å². The van der Waals surface area contributed by atoms with E-state index in [0.29, 0.717) is 0 Å². The van der Waals surface area contributed by atoms with E-state index in [1.165, 1.54) is 31.4 Å². The monoisotopic (exact) mass is 249 g/mol. The van der Waals surface area contributed by atoms with Crippen molar-refractivity contribution in [3.8, 4) is 12.3 Å². The second-order valence-corrected chi connectivity index (χ2v) is 7.27. The fraction of sp³-hybridized carbons (Fsp3) is 0.867. The standard InChI is InChI=1S/C15H23NS/c1-2-4-17-5-3-16-15-13-7-11-6-12(9-13)10-14(15)8-11/h1,11-16H,3-10H2. The van der Waals surface area contributed by atoms with Crippen LogP contribution >= 0.6 is 11.8 Å². The van der Waals surface area contributed by atoms with E-state index in [2.05, 4.69) is 11.2 Å². The molecule has 0 saturated heterocycles. The quantitative estimate of drug-likeness (QED) is 0.594. The van der Waals surface area contributed by atoms with Gasteiger partial charge in [0.05, 0.1) is 5.75 Å². The Morgan fingerprint density at radius 2 is 1.71 bits per heavy atom. The van der Waals surface area contributed by atoms with E-state index < -0.39 is 0 Å². The van der Waals surface area contributed by atoms with Gasteiger partial charge in [-0.2, -0.15) is 0 Å². The van der Waals surface area contributed by atoms with Crippen molar-refractivity contribution in [3.05, 3.63) is 0 Å². The summed E-state index contributed by atoms with van der Waals surface area (Å²) in [7, 11) is 0. The predicted octanol–water partition coefficient (Wildman–Crippen LogP) is 2.77. The van der Waals surface area contributed by atoms with E-state index in [4.69, 9.17) is 6.42 Å². The maximum Gasteiger partial charge on any atom is 0.0545 e. The molecule has 94 valence electrons. The zero-order valence-corrected chi connectivity index (χ0v) is 11.3. The van der Waals surface area contributed by atoms with E-state index >= 15 is 0 Å². The lowest BCUT2D eigenvalue weighted by Crippen LogP contribution is -2.54. The molecule has 0 aliphatic heterocycles. The van der Waals surface area contributed by atoms with E-state index in [1.54, 1.807) is 6.42 Å². The SMILES string of the molecule is C#CCSCCNC1C2CC3CC(C2)CC1C3. The molecule has 1 nitrogen and oxygen atoms in total. The van der Waals surface area contributed by atoms with Gasteiger partial charge in [0.2, 0.25) is 0 Å². The Morgan fingerprint density at radius 3 is 2.29 bits per heavy atom. The molecule has 0 atom stereocenters. The molecule has 4 fully saturated rings. The zero-order valence-electron chi connectivity index (χ0n) is 10.5. The first kappa shape index (κ1) is 11.9. The molecule has 0 unspecified atom stereocenters. The molecule has 0 heterocycles. The lowest BCUT2D eigenvalue weighted by molar-refractivity contribution is -0.0128. The van der Waals surface area contributed by atoms with Crippen LogP contribution in [0.3, 0.4) is 0 Å². The van der Waals surface area contributed by atoms with E-state index in [0.717, 1.165) is 42.0 Å². The Balaban J connectivity index is 1.46. The molecule has 4 rings (SSSR count). The second kappa shape index (κ2) is 5.24. The third-order valence-corrected chi connectivity index (χ3v) is 5.90. The molecule has 1 N–H and O–H groups in total. The van der Waals surface area contributed by atoms with Gasteiger partial charge in [-0.1, -0.05) is 5.92 Å². The Bertz CT molecular complexity index is 279. The molecule has 0 amide bonds. The highest BCUT2D eigenvalue weighted by atomic mass is 32.2. The minimum atomic E-state index is 0.842. The molecular weight excluding hydrogens is 226 g/mol. The van der Waals surface area contributed by atoms with Crippen LogP contribution in [0.4, 0.5) is 0 Å². The van der Waals surface area contributed by atoms with Crippen molar-refractivity contribution in [2.75, 3.05) is 18.1 Å². The molecular formula is C15H23NS. The summed E-state index contributed by atoms with van der Waals surface area (Å²) >= 11 is 1.88. The van der Waals surface area contributed by atoms with Crippen LogP contribution in [-0.4, -0.2) is 24.1 Å². The second-order valence-electron chi connectivity index (χ2n) is 6.17. The van der Waals surface area contributed by atoms with Gasteiger partial charge >= 0.3 is 0 Å². The van der Waals surface area contributed by atoms with Gasteiger partial charge in [-0.25, -0.2) is 0 Å². The van der Waals surface area contributed by atoms with Crippen LogP contribution in [0, 0.1) is 36.0 Å². The van der Waals surface area contributed by atoms with Crippen LogP contribution in [0.15, 0.2) is 0 Å². The van der Waals surface area contributed by atoms with Crippen LogP contribution in [0.25, 0.3) is 0 Å². The Kier molecular flexibility index (Phi) is 3.68. The molecule has 0 aromatic rings. The molecule has 0 radical (unpaired) electrons. The van der Waals surface area contributed by atoms with Crippen LogP contribution in [0.5, 0.6) is 0 Å². The van der Waals surface area contributed by atoms with Crippen molar-refractivity contribution in [2.24, 2.45) is 23.7 Å². The van der Waals surface area contributed by atoms with Crippen LogP contribution in [0.1, 0.15) is 32.1 Å². The molecule has 4 aliphatic carbocycles. The van der Waals surface area contributed by atoms with E-state index in [9.17, 15) is 0 Å². The normalized spacial score (nSPS) is 42.6. The first-order valence-corrected chi connectivity index (χ1v) is 8.27. The Hall–Kier alpha value is -0.130. The average molecular weight is 249 g/mol. The van der Waals surface area contributed by atoms with Crippen molar-refractivity contribution in [3.63, 3.8) is 0 Å². The topological polar surface area (TPSA) is 12.0 Å². The van der Waals surface area contributed by atoms with Crippen molar-refractivity contribution in [1.29, 1.82) is 0 Å². The van der Waals surface area contributed by atoms with Gasteiger partial charge in [-0.15, -0.1) is 18.2 Å². The fourth-order valence-electron chi connectivity index (χ4n) is 4.69. The van der Waals surface area contributed by atoms with Crippen molar-refractivity contribution >= 4 is 11.8 Å². The summed E-state index contributed by atoms with van der Waals surface area (Å²) < 4.78 is 0. The van der Waals surface area contributed by atoms with Gasteiger partial charge in [-0.05, 0) is 55.8 Å². The van der Waals surface area contributed by atoms with Crippen LogP contribution < -0.4 is 5.32 Å². The minimum absolute atomic E-state index is 0.842. The summed E-state index contributed by atoms with van der Waals surface area (Å²) in [6.45, 7) is 1.15. The molecule has 2 heteroatoms. The zero-order chi connectivity index (χ0) is 11.7. The van der Waals surface area contributed by atoms with E-state index in [1.807, 2.05) is 11.8 Å². The van der Waals surface area contributed by atoms with Crippen molar-refractivity contribution < 1.29 is 0 Å². The maximum absolute atomic E-state index is 5.26. The van der Waals surface area contributed by atoms with E-state index in [-0.39, 0.29) is 0 Å². The lowest BCUT2D eigenvalue weighted by Gasteiger charge is -2.54. The van der Waals surface area contributed by atoms with Crippen molar-refractivity contribution in [2.45, 2.75) is 38.1 Å². The smallest absolute Gasteiger partial charge is 0.0545 e. The summed E-state index contributed by atoms with van der Waals surface area (Å²) in [4.78, 5) is 0. The maximum atomic E-state index is 5.26. The highest BCUT2D eigenvalue weighted by Crippen LogP contribution is 2.53. The summed E-state index contributed by atoms with van der Waals surface area (Å²) in [6.07, 6.45) is 12.9. The fourth-order valence-corrected chi connectivity index (χ4v) is 5.21. The number of terminal acetylenes is 1. The molecule has 4 aliphatic rings. The van der Waals surface area contributed by atoms with Gasteiger partial charge < -0.3 is 5.32 Å². The van der Waals surface area contributed by atoms with Crippen LogP contribution in [0.2, 0.25) is 0 Å². The van der Waals surface area contributed by atoms with Crippen molar-refractivity contribution in [1.82, 2.24) is 5.32 Å². The summed E-state index contributed by atoms with van der Waals surface area (Å²) in [5, 5.41) is 3.83.